The Labute approximate surface area is 119 Å². The number of piperidine rings is 1. The number of carbonyl (C=O) groups excluding carboxylic acids is 1. The van der Waals surface area contributed by atoms with E-state index in [1.807, 2.05) is 26.0 Å². The molecule has 1 aliphatic rings. The van der Waals surface area contributed by atoms with Crippen molar-refractivity contribution in [1.29, 1.82) is 0 Å². The van der Waals surface area contributed by atoms with Gasteiger partial charge in [0.25, 0.3) is 0 Å². The van der Waals surface area contributed by atoms with E-state index in [9.17, 15) is 4.79 Å². The van der Waals surface area contributed by atoms with Crippen LogP contribution in [0.3, 0.4) is 0 Å². The van der Waals surface area contributed by atoms with Gasteiger partial charge in [-0.15, -0.1) is 0 Å². The largest absolute Gasteiger partial charge is 0.326 e. The highest BCUT2D eigenvalue weighted by atomic mass is 16.1. The zero-order valence-corrected chi connectivity index (χ0v) is 12.3. The predicted octanol–water partition coefficient (Wildman–Crippen LogP) is 2.41. The summed E-state index contributed by atoms with van der Waals surface area (Å²) in [7, 11) is 0. The lowest BCUT2D eigenvalue weighted by Crippen LogP contribution is -2.28. The van der Waals surface area contributed by atoms with Crippen LogP contribution in [0.25, 0.3) is 0 Å². The minimum Gasteiger partial charge on any atom is -0.326 e. The molecule has 0 aromatic heterocycles. The Morgan fingerprint density at radius 3 is 2.50 bits per heavy atom. The summed E-state index contributed by atoms with van der Waals surface area (Å²) >= 11 is 0. The highest BCUT2D eigenvalue weighted by Crippen LogP contribution is 2.26. The van der Waals surface area contributed by atoms with Crippen LogP contribution < -0.4 is 16.1 Å². The molecule has 5 nitrogen and oxygen atoms in total. The molecule has 1 saturated heterocycles. The first-order valence-corrected chi connectivity index (χ1v) is 6.97. The summed E-state index contributed by atoms with van der Waals surface area (Å²) < 4.78 is 0. The van der Waals surface area contributed by atoms with Crippen LogP contribution in [0.5, 0.6) is 0 Å². The zero-order valence-electron chi connectivity index (χ0n) is 12.3. The Hall–Kier alpha value is -1.88. The first-order chi connectivity index (χ1) is 9.56. The van der Waals surface area contributed by atoms with Crippen molar-refractivity contribution in [3.05, 3.63) is 23.3 Å². The topological polar surface area (TPSA) is 65.5 Å². The van der Waals surface area contributed by atoms with Gasteiger partial charge >= 0.3 is 0 Å². The lowest BCUT2D eigenvalue weighted by molar-refractivity contribution is -0.114. The highest BCUT2D eigenvalue weighted by Gasteiger charge is 2.09. The maximum atomic E-state index is 11.2. The third kappa shape index (κ3) is 3.81. The molecule has 5 heteroatoms. The first kappa shape index (κ1) is 14.5. The summed E-state index contributed by atoms with van der Waals surface area (Å²) in [5.41, 5.74) is 8.21. The maximum absolute atomic E-state index is 11.2. The van der Waals surface area contributed by atoms with Crippen LogP contribution in [0.4, 0.5) is 11.4 Å². The van der Waals surface area contributed by atoms with Gasteiger partial charge in [-0.1, -0.05) is 0 Å². The third-order valence-corrected chi connectivity index (χ3v) is 3.38. The molecule has 0 aliphatic carbocycles. The number of hydrazone groups is 1. The fourth-order valence-corrected chi connectivity index (χ4v) is 2.26. The average molecular weight is 274 g/mol. The van der Waals surface area contributed by atoms with E-state index in [2.05, 4.69) is 21.2 Å². The van der Waals surface area contributed by atoms with Gasteiger partial charge in [0.15, 0.2) is 0 Å². The Balaban J connectivity index is 2.18. The standard InChI is InChI=1S/C15H22N4O/c1-10-8-14(17-12(3)20)11(2)15(9-10)19-18-13-4-6-16-7-5-13/h8-9,16,19H,4-7H2,1-3H3,(H,17,20). The lowest BCUT2D eigenvalue weighted by atomic mass is 10.1. The van der Waals surface area contributed by atoms with Crippen molar-refractivity contribution in [2.24, 2.45) is 5.10 Å². The van der Waals surface area contributed by atoms with Gasteiger partial charge in [0.1, 0.15) is 0 Å². The summed E-state index contributed by atoms with van der Waals surface area (Å²) in [6.07, 6.45) is 1.97. The van der Waals surface area contributed by atoms with E-state index in [1.54, 1.807) is 0 Å². The van der Waals surface area contributed by atoms with Crippen molar-refractivity contribution in [3.8, 4) is 0 Å². The van der Waals surface area contributed by atoms with Crippen molar-refractivity contribution < 1.29 is 4.79 Å². The van der Waals surface area contributed by atoms with Gasteiger partial charge in [-0.3, -0.25) is 10.2 Å². The second kappa shape index (κ2) is 6.52. The number of anilines is 2. The van der Waals surface area contributed by atoms with Gasteiger partial charge < -0.3 is 10.6 Å². The Morgan fingerprint density at radius 1 is 1.20 bits per heavy atom. The molecule has 1 aromatic rings. The average Bonchev–Trinajstić information content (AvgIpc) is 2.41. The van der Waals surface area contributed by atoms with Crippen LogP contribution in [-0.2, 0) is 4.79 Å². The Kier molecular flexibility index (Phi) is 4.74. The number of nitrogens with one attached hydrogen (secondary N) is 3. The van der Waals surface area contributed by atoms with Crippen LogP contribution >= 0.6 is 0 Å². The van der Waals surface area contributed by atoms with Crippen molar-refractivity contribution in [3.63, 3.8) is 0 Å². The number of aryl methyl sites for hydroxylation is 1. The van der Waals surface area contributed by atoms with E-state index in [0.717, 1.165) is 48.4 Å². The Bertz CT molecular complexity index is 529. The van der Waals surface area contributed by atoms with Crippen molar-refractivity contribution in [1.82, 2.24) is 5.32 Å². The molecular formula is C15H22N4O. The number of hydrogen-bond acceptors (Lipinski definition) is 4. The molecule has 2 rings (SSSR count). The highest BCUT2D eigenvalue weighted by molar-refractivity contribution is 5.91. The van der Waals surface area contributed by atoms with Crippen LogP contribution in [-0.4, -0.2) is 24.7 Å². The van der Waals surface area contributed by atoms with Gasteiger partial charge in [0, 0.05) is 44.3 Å². The van der Waals surface area contributed by atoms with Crippen molar-refractivity contribution >= 4 is 23.0 Å². The summed E-state index contributed by atoms with van der Waals surface area (Å²) in [4.78, 5) is 11.2. The molecule has 0 spiro atoms. The van der Waals surface area contributed by atoms with Gasteiger partial charge in [-0.05, 0) is 37.1 Å². The van der Waals surface area contributed by atoms with E-state index in [4.69, 9.17) is 0 Å². The van der Waals surface area contributed by atoms with E-state index >= 15 is 0 Å². The summed E-state index contributed by atoms with van der Waals surface area (Å²) in [5.74, 6) is -0.0608. The number of hydrogen-bond donors (Lipinski definition) is 3. The molecule has 0 bridgehead atoms. The minimum atomic E-state index is -0.0608. The molecule has 1 fully saturated rings. The number of amides is 1. The van der Waals surface area contributed by atoms with E-state index in [0.29, 0.717) is 0 Å². The third-order valence-electron chi connectivity index (χ3n) is 3.38. The molecule has 0 unspecified atom stereocenters. The number of nitrogens with zero attached hydrogens (tertiary/aromatic N) is 1. The Morgan fingerprint density at radius 2 is 1.85 bits per heavy atom. The molecule has 1 aromatic carbocycles. The second-order valence-corrected chi connectivity index (χ2v) is 5.21. The molecule has 0 saturated carbocycles. The number of rotatable bonds is 3. The molecule has 0 radical (unpaired) electrons. The molecule has 1 amide bonds. The number of carbonyl (C=O) groups is 1. The lowest BCUT2D eigenvalue weighted by Gasteiger charge is -2.16. The minimum absolute atomic E-state index is 0.0608. The van der Waals surface area contributed by atoms with Gasteiger partial charge in [0.05, 0.1) is 5.69 Å². The van der Waals surface area contributed by atoms with E-state index < -0.39 is 0 Å². The smallest absolute Gasteiger partial charge is 0.221 e. The predicted molar refractivity (Wildman–Crippen MR) is 83.4 cm³/mol. The second-order valence-electron chi connectivity index (χ2n) is 5.21. The summed E-state index contributed by atoms with van der Waals surface area (Å²) in [6, 6.07) is 4.02. The number of benzene rings is 1. The molecular weight excluding hydrogens is 252 g/mol. The van der Waals surface area contributed by atoms with Crippen LogP contribution in [0.2, 0.25) is 0 Å². The normalized spacial score (nSPS) is 14.8. The molecule has 108 valence electrons. The molecule has 1 aliphatic heterocycles. The van der Waals surface area contributed by atoms with E-state index in [1.165, 1.54) is 12.6 Å². The van der Waals surface area contributed by atoms with Crippen LogP contribution in [0.15, 0.2) is 17.2 Å². The molecule has 0 atom stereocenters. The fourth-order valence-electron chi connectivity index (χ4n) is 2.26. The van der Waals surface area contributed by atoms with E-state index in [-0.39, 0.29) is 5.91 Å². The maximum Gasteiger partial charge on any atom is 0.221 e. The SMILES string of the molecule is CC(=O)Nc1cc(C)cc(NN=C2CCNCC2)c1C. The molecule has 3 N–H and O–H groups in total. The van der Waals surface area contributed by atoms with Crippen molar-refractivity contribution in [2.75, 3.05) is 23.8 Å². The first-order valence-electron chi connectivity index (χ1n) is 6.97. The van der Waals surface area contributed by atoms with Crippen LogP contribution in [0.1, 0.15) is 30.9 Å². The quantitative estimate of drug-likeness (QED) is 0.742. The van der Waals surface area contributed by atoms with Gasteiger partial charge in [0.2, 0.25) is 5.91 Å². The summed E-state index contributed by atoms with van der Waals surface area (Å²) in [5, 5.41) is 10.7. The molecule has 1 heterocycles. The fraction of sp³-hybridized carbons (Fsp3) is 0.467. The van der Waals surface area contributed by atoms with Crippen molar-refractivity contribution in [2.45, 2.75) is 33.6 Å². The monoisotopic (exact) mass is 274 g/mol. The summed E-state index contributed by atoms with van der Waals surface area (Å²) in [6.45, 7) is 7.49. The van der Waals surface area contributed by atoms with Gasteiger partial charge in [-0.2, -0.15) is 5.10 Å². The van der Waals surface area contributed by atoms with Gasteiger partial charge in [-0.25, -0.2) is 0 Å². The zero-order chi connectivity index (χ0) is 14.5. The molecule has 20 heavy (non-hydrogen) atoms. The van der Waals surface area contributed by atoms with Crippen LogP contribution in [0, 0.1) is 13.8 Å².